The van der Waals surface area contributed by atoms with Crippen molar-refractivity contribution >= 4 is 11.9 Å². The van der Waals surface area contributed by atoms with Crippen LogP contribution in [0.25, 0.3) is 0 Å². The molecule has 0 bridgehead atoms. The first-order valence-electron chi connectivity index (χ1n) is 7.18. The third kappa shape index (κ3) is 3.64. The van der Waals surface area contributed by atoms with Gasteiger partial charge in [0.25, 0.3) is 5.91 Å². The summed E-state index contributed by atoms with van der Waals surface area (Å²) in [5, 5.41) is 0. The molecule has 0 aromatic carbocycles. The molecule has 0 atom stereocenters. The third-order valence-electron chi connectivity index (χ3n) is 3.90. The van der Waals surface area contributed by atoms with Gasteiger partial charge in [0, 0.05) is 32.9 Å². The Morgan fingerprint density at radius 3 is 2.62 bits per heavy atom. The maximum absolute atomic E-state index is 12.5. The zero-order chi connectivity index (χ0) is 15.2. The zero-order valence-corrected chi connectivity index (χ0v) is 12.6. The number of carbonyl (C=O) groups is 2. The minimum absolute atomic E-state index is 0.0134. The highest BCUT2D eigenvalue weighted by Crippen LogP contribution is 2.20. The van der Waals surface area contributed by atoms with E-state index in [-0.39, 0.29) is 17.8 Å². The van der Waals surface area contributed by atoms with Gasteiger partial charge in [-0.25, -0.2) is 0 Å². The lowest BCUT2D eigenvalue weighted by molar-refractivity contribution is -0.146. The maximum atomic E-state index is 12.5. The largest absolute Gasteiger partial charge is 0.469 e. The third-order valence-corrected chi connectivity index (χ3v) is 3.90. The quantitative estimate of drug-likeness (QED) is 0.765. The van der Waals surface area contributed by atoms with Gasteiger partial charge in [0.2, 0.25) is 0 Å². The van der Waals surface area contributed by atoms with Crippen molar-refractivity contribution in [3.63, 3.8) is 0 Å². The first-order valence-corrected chi connectivity index (χ1v) is 7.18. The second-order valence-electron chi connectivity index (χ2n) is 5.17. The Bertz CT molecular complexity index is 490. The van der Waals surface area contributed by atoms with Crippen molar-refractivity contribution < 1.29 is 19.1 Å². The molecule has 0 radical (unpaired) electrons. The summed E-state index contributed by atoms with van der Waals surface area (Å²) in [7, 11) is 3.05. The average molecular weight is 294 g/mol. The Labute approximate surface area is 124 Å². The Morgan fingerprint density at radius 2 is 2.00 bits per heavy atom. The normalized spacial score (nSPS) is 16.0. The van der Waals surface area contributed by atoms with E-state index in [0.29, 0.717) is 44.8 Å². The van der Waals surface area contributed by atoms with E-state index in [1.165, 1.54) is 7.11 Å². The van der Waals surface area contributed by atoms with Crippen molar-refractivity contribution in [2.45, 2.75) is 19.4 Å². The van der Waals surface area contributed by atoms with Crippen molar-refractivity contribution in [1.82, 2.24) is 9.47 Å². The average Bonchev–Trinajstić information content (AvgIpc) is 3.00. The van der Waals surface area contributed by atoms with E-state index in [1.807, 2.05) is 22.9 Å². The maximum Gasteiger partial charge on any atom is 0.308 e. The number of hydrogen-bond donors (Lipinski definition) is 0. The molecule has 2 rings (SSSR count). The predicted octanol–water partition coefficient (Wildman–Crippen LogP) is 1.16. The lowest BCUT2D eigenvalue weighted by Gasteiger charge is -2.30. The lowest BCUT2D eigenvalue weighted by atomic mass is 9.97. The van der Waals surface area contributed by atoms with Crippen molar-refractivity contribution in [3.8, 4) is 0 Å². The van der Waals surface area contributed by atoms with Gasteiger partial charge in [0.1, 0.15) is 5.69 Å². The Hall–Kier alpha value is -1.82. The van der Waals surface area contributed by atoms with Crippen LogP contribution in [0.5, 0.6) is 0 Å². The van der Waals surface area contributed by atoms with Crippen LogP contribution in [0.3, 0.4) is 0 Å². The molecule has 0 aliphatic carbocycles. The molecule has 1 aromatic heterocycles. The van der Waals surface area contributed by atoms with Crippen LogP contribution < -0.4 is 0 Å². The number of rotatable bonds is 5. The molecule has 6 heteroatoms. The molecule has 1 aliphatic heterocycles. The molecule has 21 heavy (non-hydrogen) atoms. The fourth-order valence-corrected chi connectivity index (χ4v) is 2.64. The molecular formula is C15H22N2O4. The summed E-state index contributed by atoms with van der Waals surface area (Å²) in [6.45, 7) is 2.41. The zero-order valence-electron chi connectivity index (χ0n) is 12.6. The minimum Gasteiger partial charge on any atom is -0.469 e. The van der Waals surface area contributed by atoms with Crippen molar-refractivity contribution in [2.75, 3.05) is 33.9 Å². The summed E-state index contributed by atoms with van der Waals surface area (Å²) in [5.41, 5.74) is 0.670. The van der Waals surface area contributed by atoms with Crippen molar-refractivity contribution in [3.05, 3.63) is 24.0 Å². The number of piperidine rings is 1. The van der Waals surface area contributed by atoms with Gasteiger partial charge in [0.05, 0.1) is 19.6 Å². The smallest absolute Gasteiger partial charge is 0.308 e. The highest BCUT2D eigenvalue weighted by molar-refractivity contribution is 5.93. The lowest BCUT2D eigenvalue weighted by Crippen LogP contribution is -2.41. The second-order valence-corrected chi connectivity index (χ2v) is 5.17. The van der Waals surface area contributed by atoms with E-state index in [1.54, 1.807) is 12.0 Å². The molecule has 2 heterocycles. The van der Waals surface area contributed by atoms with Crippen LogP contribution in [0.2, 0.25) is 0 Å². The molecule has 1 fully saturated rings. The Balaban J connectivity index is 1.96. The molecule has 6 nitrogen and oxygen atoms in total. The van der Waals surface area contributed by atoms with Crippen LogP contribution in [-0.2, 0) is 20.8 Å². The standard InChI is InChI=1S/C15H22N2O4/c1-20-11-10-16-7-3-4-13(16)14(18)17-8-5-12(6-9-17)15(19)21-2/h3-4,7,12H,5-6,8-11H2,1-2H3. The number of ether oxygens (including phenoxy) is 2. The minimum atomic E-state index is -0.175. The SMILES string of the molecule is COCCn1cccc1C(=O)N1CCC(C(=O)OC)CC1. The molecule has 1 amide bonds. The summed E-state index contributed by atoms with van der Waals surface area (Å²) >= 11 is 0. The molecule has 0 saturated carbocycles. The molecule has 0 N–H and O–H groups in total. The van der Waals surface area contributed by atoms with E-state index in [0.717, 1.165) is 0 Å². The summed E-state index contributed by atoms with van der Waals surface area (Å²) < 4.78 is 11.7. The van der Waals surface area contributed by atoms with E-state index < -0.39 is 0 Å². The molecule has 1 aromatic rings. The number of methoxy groups -OCH3 is 2. The summed E-state index contributed by atoms with van der Waals surface area (Å²) in [6.07, 6.45) is 3.21. The fraction of sp³-hybridized carbons (Fsp3) is 0.600. The number of amides is 1. The van der Waals surface area contributed by atoms with Crippen LogP contribution in [0.15, 0.2) is 18.3 Å². The highest BCUT2D eigenvalue weighted by Gasteiger charge is 2.29. The monoisotopic (exact) mass is 294 g/mol. The second kappa shape index (κ2) is 7.26. The van der Waals surface area contributed by atoms with Crippen LogP contribution in [0, 0.1) is 5.92 Å². The molecule has 116 valence electrons. The predicted molar refractivity (Wildman–Crippen MR) is 77.0 cm³/mol. The number of hydrogen-bond acceptors (Lipinski definition) is 4. The van der Waals surface area contributed by atoms with Crippen LogP contribution in [0.4, 0.5) is 0 Å². The van der Waals surface area contributed by atoms with E-state index in [2.05, 4.69) is 0 Å². The number of nitrogens with zero attached hydrogens (tertiary/aromatic N) is 2. The van der Waals surface area contributed by atoms with Gasteiger partial charge in [-0.15, -0.1) is 0 Å². The summed E-state index contributed by atoms with van der Waals surface area (Å²) in [4.78, 5) is 25.8. The molecule has 1 saturated heterocycles. The Kier molecular flexibility index (Phi) is 5.38. The van der Waals surface area contributed by atoms with Gasteiger partial charge in [-0.2, -0.15) is 0 Å². The van der Waals surface area contributed by atoms with Gasteiger partial charge in [-0.3, -0.25) is 9.59 Å². The van der Waals surface area contributed by atoms with Gasteiger partial charge < -0.3 is 18.9 Å². The van der Waals surface area contributed by atoms with Crippen molar-refractivity contribution in [1.29, 1.82) is 0 Å². The van der Waals surface area contributed by atoms with Crippen LogP contribution in [0.1, 0.15) is 23.3 Å². The van der Waals surface area contributed by atoms with E-state index in [4.69, 9.17) is 9.47 Å². The van der Waals surface area contributed by atoms with Gasteiger partial charge in [0.15, 0.2) is 0 Å². The van der Waals surface area contributed by atoms with Crippen molar-refractivity contribution in [2.24, 2.45) is 5.92 Å². The van der Waals surface area contributed by atoms with Gasteiger partial charge in [-0.05, 0) is 25.0 Å². The molecule has 0 unspecified atom stereocenters. The van der Waals surface area contributed by atoms with Gasteiger partial charge in [-0.1, -0.05) is 0 Å². The Morgan fingerprint density at radius 1 is 1.29 bits per heavy atom. The first kappa shape index (κ1) is 15.6. The highest BCUT2D eigenvalue weighted by atomic mass is 16.5. The molecular weight excluding hydrogens is 272 g/mol. The fourth-order valence-electron chi connectivity index (χ4n) is 2.64. The summed E-state index contributed by atoms with van der Waals surface area (Å²) in [6, 6.07) is 3.69. The first-order chi connectivity index (χ1) is 10.2. The number of likely N-dealkylation sites (tertiary alicyclic amines) is 1. The molecule has 1 aliphatic rings. The van der Waals surface area contributed by atoms with Crippen LogP contribution >= 0.6 is 0 Å². The van der Waals surface area contributed by atoms with Crippen LogP contribution in [-0.4, -0.2) is 55.3 Å². The number of esters is 1. The molecule has 0 spiro atoms. The van der Waals surface area contributed by atoms with E-state index >= 15 is 0 Å². The number of carbonyl (C=O) groups excluding carboxylic acids is 2. The van der Waals surface area contributed by atoms with E-state index in [9.17, 15) is 9.59 Å². The topological polar surface area (TPSA) is 60.8 Å². The van der Waals surface area contributed by atoms with Gasteiger partial charge >= 0.3 is 5.97 Å². The number of aromatic nitrogens is 1. The summed E-state index contributed by atoms with van der Waals surface area (Å²) in [5.74, 6) is -0.246.